The van der Waals surface area contributed by atoms with Crippen molar-refractivity contribution >= 4 is 11.5 Å². The molecule has 0 aliphatic carbocycles. The Kier molecular flexibility index (Phi) is 2.20. The molecule has 0 amide bonds. The van der Waals surface area contributed by atoms with Crippen molar-refractivity contribution in [1.29, 1.82) is 0 Å². The van der Waals surface area contributed by atoms with Crippen LogP contribution in [0, 0.1) is 0 Å². The molecule has 1 rings (SSSR count). The maximum Gasteiger partial charge on any atom is 0.328 e. The molecule has 0 radical (unpaired) electrons. The Morgan fingerprint density at radius 1 is 1.50 bits per heavy atom. The van der Waals surface area contributed by atoms with Gasteiger partial charge in [-0.25, -0.2) is 4.79 Å². The van der Waals surface area contributed by atoms with E-state index in [1.54, 1.807) is 19.1 Å². The third kappa shape index (κ3) is 2.23. The normalized spacial score (nSPS) is 13.2. The van der Waals surface area contributed by atoms with Crippen LogP contribution in [0.15, 0.2) is 36.4 Å². The summed E-state index contributed by atoms with van der Waals surface area (Å²) in [7, 11) is 0. The molecular weight excluding hydrogens is 152 g/mol. The Labute approximate surface area is 72.6 Å². The molecule has 0 bridgehead atoms. The van der Waals surface area contributed by atoms with Crippen molar-refractivity contribution in [2.75, 3.05) is 0 Å². The van der Waals surface area contributed by atoms with Crippen LogP contribution in [0.4, 0.5) is 0 Å². The van der Waals surface area contributed by atoms with E-state index in [2.05, 4.69) is 0 Å². The predicted molar refractivity (Wildman–Crippen MR) is 47.7 cm³/mol. The molecule has 0 aromatic heterocycles. The molecule has 0 saturated heterocycles. The molecule has 0 unspecified atom stereocenters. The van der Waals surface area contributed by atoms with E-state index in [-0.39, 0.29) is 6.05 Å². The van der Waals surface area contributed by atoms with Crippen LogP contribution in [0.2, 0.25) is 0 Å². The zero-order chi connectivity index (χ0) is 9.84. The van der Waals surface area contributed by atoms with Crippen LogP contribution in [0.1, 0.15) is 13.9 Å². The summed E-state index contributed by atoms with van der Waals surface area (Å²) in [6, 6.07) is 8.69. The van der Waals surface area contributed by atoms with Crippen LogP contribution in [0.3, 0.4) is 0 Å². The van der Waals surface area contributed by atoms with E-state index in [1.807, 2.05) is 18.2 Å². The first-order valence-corrected chi connectivity index (χ1v) is 3.59. The molecule has 0 aliphatic heterocycles. The topological polar surface area (TPSA) is 37.3 Å². The lowest BCUT2D eigenvalue weighted by molar-refractivity contribution is -0.131. The lowest BCUT2D eigenvalue weighted by atomic mass is 10.1. The van der Waals surface area contributed by atoms with E-state index in [0.29, 0.717) is 5.57 Å². The molecule has 1 N–H and O–H groups in total. The number of benzene rings is 1. The average Bonchev–Trinajstić information content (AvgIpc) is 2.17. The molecule has 0 heterocycles. The fourth-order valence-electron chi connectivity index (χ4n) is 0.921. The number of carboxylic acids is 1. The number of carbonyl (C=O) groups is 1. The van der Waals surface area contributed by atoms with Crippen molar-refractivity contribution in [2.45, 2.75) is 6.92 Å². The zero-order valence-electron chi connectivity index (χ0n) is 7.74. The van der Waals surface area contributed by atoms with Gasteiger partial charge in [0.1, 0.15) is 0 Å². The summed E-state index contributed by atoms with van der Waals surface area (Å²) >= 11 is 0. The number of aliphatic carboxylic acids is 1. The van der Waals surface area contributed by atoms with Crippen LogP contribution in [0.5, 0.6) is 0 Å². The SMILES string of the molecule is [2H]/C(C(=O)O)=C(\C)c1ccccc1. The van der Waals surface area contributed by atoms with Crippen LogP contribution in [-0.4, -0.2) is 11.1 Å². The van der Waals surface area contributed by atoms with Crippen molar-refractivity contribution in [3.05, 3.63) is 41.9 Å². The number of allylic oxidation sites excluding steroid dienone is 1. The molecule has 1 aromatic rings. The summed E-state index contributed by atoms with van der Waals surface area (Å²) in [5.41, 5.74) is 1.25. The minimum absolute atomic E-state index is 0.355. The first-order valence-electron chi connectivity index (χ1n) is 4.09. The van der Waals surface area contributed by atoms with Gasteiger partial charge in [0.2, 0.25) is 0 Å². The summed E-state index contributed by atoms with van der Waals surface area (Å²) in [6.45, 7) is 1.63. The van der Waals surface area contributed by atoms with Gasteiger partial charge in [0.15, 0.2) is 0 Å². The average molecular weight is 163 g/mol. The van der Waals surface area contributed by atoms with E-state index >= 15 is 0 Å². The highest BCUT2D eigenvalue weighted by Gasteiger charge is 1.95. The molecule has 0 saturated carbocycles. The Morgan fingerprint density at radius 3 is 2.58 bits per heavy atom. The van der Waals surface area contributed by atoms with Gasteiger partial charge in [0.25, 0.3) is 0 Å². The minimum atomic E-state index is -1.19. The highest BCUT2D eigenvalue weighted by Crippen LogP contribution is 2.11. The molecule has 0 fully saturated rings. The molecule has 12 heavy (non-hydrogen) atoms. The quantitative estimate of drug-likeness (QED) is 0.678. The summed E-state index contributed by atoms with van der Waals surface area (Å²) in [4.78, 5) is 10.5. The largest absolute Gasteiger partial charge is 0.478 e. The van der Waals surface area contributed by atoms with Crippen molar-refractivity contribution in [3.63, 3.8) is 0 Å². The lowest BCUT2D eigenvalue weighted by Crippen LogP contribution is -1.89. The van der Waals surface area contributed by atoms with Crippen LogP contribution in [-0.2, 0) is 4.79 Å². The van der Waals surface area contributed by atoms with Crippen molar-refractivity contribution in [3.8, 4) is 0 Å². The monoisotopic (exact) mass is 163 g/mol. The smallest absolute Gasteiger partial charge is 0.328 e. The summed E-state index contributed by atoms with van der Waals surface area (Å²) < 4.78 is 7.25. The second-order valence-electron chi connectivity index (χ2n) is 2.42. The highest BCUT2D eigenvalue weighted by molar-refractivity contribution is 5.89. The lowest BCUT2D eigenvalue weighted by Gasteiger charge is -1.97. The highest BCUT2D eigenvalue weighted by atomic mass is 16.4. The summed E-state index contributed by atoms with van der Waals surface area (Å²) in [6.07, 6.45) is 0. The standard InChI is InChI=1S/C10H10O2/c1-8(7-10(11)12)9-5-3-2-4-6-9/h2-7H,1H3,(H,11,12)/b8-7-/i7D. The molecular formula is C10H10O2. The van der Waals surface area contributed by atoms with E-state index in [4.69, 9.17) is 6.48 Å². The summed E-state index contributed by atoms with van der Waals surface area (Å²) in [5.74, 6) is -1.19. The van der Waals surface area contributed by atoms with Gasteiger partial charge in [0.05, 0.1) is 1.37 Å². The van der Waals surface area contributed by atoms with E-state index in [9.17, 15) is 4.79 Å². The fourth-order valence-corrected chi connectivity index (χ4v) is 0.921. The van der Waals surface area contributed by atoms with Gasteiger partial charge in [-0.2, -0.15) is 0 Å². The third-order valence-electron chi connectivity index (χ3n) is 1.50. The van der Waals surface area contributed by atoms with Gasteiger partial charge in [-0.05, 0) is 18.1 Å². The number of carboxylic acid groups (broad SMARTS) is 1. The predicted octanol–water partition coefficient (Wildman–Crippen LogP) is 2.17. The van der Waals surface area contributed by atoms with E-state index in [0.717, 1.165) is 5.56 Å². The Bertz CT molecular complexity index is 341. The van der Waals surface area contributed by atoms with Gasteiger partial charge < -0.3 is 5.11 Å². The number of hydrogen-bond acceptors (Lipinski definition) is 1. The zero-order valence-corrected chi connectivity index (χ0v) is 6.74. The maximum atomic E-state index is 10.5. The van der Waals surface area contributed by atoms with Crippen LogP contribution >= 0.6 is 0 Å². The van der Waals surface area contributed by atoms with Gasteiger partial charge in [-0.1, -0.05) is 30.3 Å². The van der Waals surface area contributed by atoms with Crippen molar-refractivity contribution in [2.24, 2.45) is 0 Å². The fraction of sp³-hybridized carbons (Fsp3) is 0.100. The van der Waals surface area contributed by atoms with Gasteiger partial charge in [-0.15, -0.1) is 0 Å². The minimum Gasteiger partial charge on any atom is -0.478 e. The second-order valence-corrected chi connectivity index (χ2v) is 2.42. The molecule has 0 atom stereocenters. The molecule has 1 aromatic carbocycles. The Hall–Kier alpha value is -1.57. The van der Waals surface area contributed by atoms with Crippen molar-refractivity contribution < 1.29 is 11.3 Å². The van der Waals surface area contributed by atoms with E-state index < -0.39 is 5.97 Å². The second kappa shape index (κ2) is 3.72. The van der Waals surface area contributed by atoms with Crippen LogP contribution < -0.4 is 0 Å². The Morgan fingerprint density at radius 2 is 2.08 bits per heavy atom. The van der Waals surface area contributed by atoms with Gasteiger partial charge >= 0.3 is 5.97 Å². The maximum absolute atomic E-state index is 10.5. The third-order valence-corrected chi connectivity index (χ3v) is 1.50. The molecule has 62 valence electrons. The number of hydrogen-bond donors (Lipinski definition) is 1. The van der Waals surface area contributed by atoms with Gasteiger partial charge in [-0.3, -0.25) is 0 Å². The number of rotatable bonds is 2. The van der Waals surface area contributed by atoms with E-state index in [1.165, 1.54) is 0 Å². The van der Waals surface area contributed by atoms with Gasteiger partial charge in [0, 0.05) is 6.05 Å². The molecule has 0 spiro atoms. The van der Waals surface area contributed by atoms with Crippen molar-refractivity contribution in [1.82, 2.24) is 0 Å². The molecule has 0 aliphatic rings. The van der Waals surface area contributed by atoms with Crippen LogP contribution in [0.25, 0.3) is 5.57 Å². The Balaban J connectivity index is 3.11. The first-order chi connectivity index (χ1) is 6.13. The summed E-state index contributed by atoms with van der Waals surface area (Å²) in [5, 5.41) is 8.57. The first kappa shape index (κ1) is 7.10. The molecule has 2 heteroatoms. The molecule has 2 nitrogen and oxygen atoms in total.